The maximum atomic E-state index is 12.9. The van der Waals surface area contributed by atoms with Crippen LogP contribution < -0.4 is 10.5 Å². The zero-order valence-corrected chi connectivity index (χ0v) is 17.4. The van der Waals surface area contributed by atoms with Crippen LogP contribution in [0.15, 0.2) is 23.1 Å². The molecule has 8 heteroatoms. The maximum absolute atomic E-state index is 12.9. The molecule has 7 nitrogen and oxygen atoms in total. The molecule has 26 heavy (non-hydrogen) atoms. The number of carbonyl (C=O) groups excluding carboxylic acids is 1. The van der Waals surface area contributed by atoms with Crippen molar-refractivity contribution >= 4 is 15.9 Å². The number of methoxy groups -OCH3 is 1. The van der Waals surface area contributed by atoms with Crippen molar-refractivity contribution in [2.45, 2.75) is 32.6 Å². The molecule has 1 aromatic carbocycles. The topological polar surface area (TPSA) is 92.9 Å². The van der Waals surface area contributed by atoms with Crippen molar-refractivity contribution < 1.29 is 17.9 Å². The monoisotopic (exact) mass is 385 g/mol. The van der Waals surface area contributed by atoms with Crippen molar-refractivity contribution in [2.24, 2.45) is 11.1 Å². The van der Waals surface area contributed by atoms with Gasteiger partial charge in [-0.15, -0.1) is 0 Å². The van der Waals surface area contributed by atoms with Crippen LogP contribution in [0, 0.1) is 5.41 Å². The Labute approximate surface area is 157 Å². The summed E-state index contributed by atoms with van der Waals surface area (Å²) in [5.41, 5.74) is 5.72. The summed E-state index contributed by atoms with van der Waals surface area (Å²) in [7, 11) is -0.536. The molecule has 1 amide bonds. The number of hydrogen-bond donors (Lipinski definition) is 1. The lowest BCUT2D eigenvalue weighted by Gasteiger charge is -2.29. The Kier molecular flexibility index (Phi) is 7.61. The molecule has 0 aromatic heterocycles. The number of nitrogens with two attached hydrogens (primary N) is 1. The van der Waals surface area contributed by atoms with Gasteiger partial charge in [0, 0.05) is 26.7 Å². The minimum Gasteiger partial charge on any atom is -0.496 e. The summed E-state index contributed by atoms with van der Waals surface area (Å²) >= 11 is 0. The molecule has 0 unspecified atom stereocenters. The van der Waals surface area contributed by atoms with E-state index in [1.54, 1.807) is 25.8 Å². The summed E-state index contributed by atoms with van der Waals surface area (Å²) in [6.07, 6.45) is 0. The number of hydrogen-bond acceptors (Lipinski definition) is 5. The molecule has 148 valence electrons. The Balaban J connectivity index is 3.32. The molecule has 0 bridgehead atoms. The van der Waals surface area contributed by atoms with Crippen molar-refractivity contribution in [1.29, 1.82) is 0 Å². The minimum atomic E-state index is -3.66. The molecule has 0 saturated carbocycles. The number of sulfonamides is 1. The lowest BCUT2D eigenvalue weighted by atomic mass is 9.93. The van der Waals surface area contributed by atoms with Gasteiger partial charge in [0.15, 0.2) is 0 Å². The predicted molar refractivity (Wildman–Crippen MR) is 103 cm³/mol. The quantitative estimate of drug-likeness (QED) is 0.699. The molecule has 0 aliphatic carbocycles. The highest BCUT2D eigenvalue weighted by Crippen LogP contribution is 2.26. The largest absolute Gasteiger partial charge is 0.496 e. The standard InChI is InChI=1S/C18H31N3O4S/c1-7-21(8-2)26(23,24)14-9-10-16(25-6)15(11-14)17(22)20(5)13-18(3,4)12-19/h9-11H,7-8,12-13,19H2,1-6H3. The Bertz CT molecular complexity index is 728. The first-order valence-corrected chi connectivity index (χ1v) is 10.1. The average Bonchev–Trinajstić information content (AvgIpc) is 2.60. The van der Waals surface area contributed by atoms with Crippen LogP contribution in [0.2, 0.25) is 0 Å². The second kappa shape index (κ2) is 8.83. The third kappa shape index (κ3) is 4.96. The molecule has 0 radical (unpaired) electrons. The highest BCUT2D eigenvalue weighted by Gasteiger charge is 2.27. The zero-order valence-electron chi connectivity index (χ0n) is 16.6. The van der Waals surface area contributed by atoms with E-state index in [9.17, 15) is 13.2 Å². The van der Waals surface area contributed by atoms with Crippen molar-refractivity contribution in [3.63, 3.8) is 0 Å². The van der Waals surface area contributed by atoms with E-state index < -0.39 is 10.0 Å². The lowest BCUT2D eigenvalue weighted by molar-refractivity contribution is 0.0737. The van der Waals surface area contributed by atoms with Gasteiger partial charge >= 0.3 is 0 Å². The first-order chi connectivity index (χ1) is 12.0. The summed E-state index contributed by atoms with van der Waals surface area (Å²) in [4.78, 5) is 14.5. The van der Waals surface area contributed by atoms with Gasteiger partial charge < -0.3 is 15.4 Å². The van der Waals surface area contributed by atoms with Crippen molar-refractivity contribution in [2.75, 3.05) is 40.3 Å². The summed E-state index contributed by atoms with van der Waals surface area (Å²) in [6.45, 7) is 9.08. The first-order valence-electron chi connectivity index (χ1n) is 8.67. The van der Waals surface area contributed by atoms with Gasteiger partial charge in [0.25, 0.3) is 5.91 Å². The van der Waals surface area contributed by atoms with Crippen LogP contribution in [0.1, 0.15) is 38.1 Å². The fraction of sp³-hybridized carbons (Fsp3) is 0.611. The molecule has 0 atom stereocenters. The van der Waals surface area contributed by atoms with Gasteiger partial charge in [-0.1, -0.05) is 27.7 Å². The van der Waals surface area contributed by atoms with Crippen LogP contribution in [0.5, 0.6) is 5.75 Å². The second-order valence-electron chi connectivity index (χ2n) is 6.98. The summed E-state index contributed by atoms with van der Waals surface area (Å²) < 4.78 is 32.1. The number of benzene rings is 1. The van der Waals surface area contributed by atoms with E-state index in [1.165, 1.54) is 29.6 Å². The molecule has 1 rings (SSSR count). The Morgan fingerprint density at radius 2 is 1.81 bits per heavy atom. The van der Waals surface area contributed by atoms with Crippen LogP contribution in [-0.4, -0.2) is 63.9 Å². The number of ether oxygens (including phenoxy) is 1. The van der Waals surface area contributed by atoms with E-state index in [0.717, 1.165) is 0 Å². The van der Waals surface area contributed by atoms with Gasteiger partial charge in [0.05, 0.1) is 17.6 Å². The van der Waals surface area contributed by atoms with Gasteiger partial charge in [0.2, 0.25) is 10.0 Å². The van der Waals surface area contributed by atoms with Gasteiger partial charge in [-0.2, -0.15) is 4.31 Å². The van der Waals surface area contributed by atoms with Crippen molar-refractivity contribution in [1.82, 2.24) is 9.21 Å². The van der Waals surface area contributed by atoms with Crippen LogP contribution in [0.3, 0.4) is 0 Å². The smallest absolute Gasteiger partial charge is 0.257 e. The molecule has 1 aromatic rings. The normalized spacial score (nSPS) is 12.3. The Morgan fingerprint density at radius 1 is 1.23 bits per heavy atom. The number of amides is 1. The maximum Gasteiger partial charge on any atom is 0.257 e. The fourth-order valence-electron chi connectivity index (χ4n) is 2.71. The van der Waals surface area contributed by atoms with Gasteiger partial charge in [-0.25, -0.2) is 8.42 Å². The molecule has 0 saturated heterocycles. The van der Waals surface area contributed by atoms with E-state index in [-0.39, 0.29) is 21.8 Å². The zero-order chi connectivity index (χ0) is 20.1. The number of nitrogens with zero attached hydrogens (tertiary/aromatic N) is 2. The summed E-state index contributed by atoms with van der Waals surface area (Å²) in [5, 5.41) is 0. The van der Waals surface area contributed by atoms with E-state index in [1.807, 2.05) is 13.8 Å². The highest BCUT2D eigenvalue weighted by atomic mass is 32.2. The SMILES string of the molecule is CCN(CC)S(=O)(=O)c1ccc(OC)c(C(=O)N(C)CC(C)(C)CN)c1. The lowest BCUT2D eigenvalue weighted by Crippen LogP contribution is -2.40. The van der Waals surface area contributed by atoms with Crippen molar-refractivity contribution in [3.05, 3.63) is 23.8 Å². The van der Waals surface area contributed by atoms with Crippen LogP contribution >= 0.6 is 0 Å². The molecular formula is C18H31N3O4S. The molecule has 0 aliphatic rings. The minimum absolute atomic E-state index is 0.0804. The average molecular weight is 386 g/mol. The molecule has 0 fully saturated rings. The van der Waals surface area contributed by atoms with Crippen LogP contribution in [0.4, 0.5) is 0 Å². The Hall–Kier alpha value is -1.64. The summed E-state index contributed by atoms with van der Waals surface area (Å²) in [6, 6.07) is 4.37. The van der Waals surface area contributed by atoms with E-state index in [2.05, 4.69) is 0 Å². The first kappa shape index (κ1) is 22.4. The Morgan fingerprint density at radius 3 is 2.27 bits per heavy atom. The van der Waals surface area contributed by atoms with E-state index >= 15 is 0 Å². The van der Waals surface area contributed by atoms with Gasteiger partial charge in [-0.05, 0) is 30.2 Å². The number of carbonyl (C=O) groups is 1. The number of rotatable bonds is 9. The van der Waals surface area contributed by atoms with Crippen molar-refractivity contribution in [3.8, 4) is 5.75 Å². The third-order valence-corrected chi connectivity index (χ3v) is 6.35. The predicted octanol–water partition coefficient (Wildman–Crippen LogP) is 1.78. The fourth-order valence-corrected chi connectivity index (χ4v) is 4.20. The van der Waals surface area contributed by atoms with E-state index in [0.29, 0.717) is 31.9 Å². The van der Waals surface area contributed by atoms with E-state index in [4.69, 9.17) is 10.5 Å². The van der Waals surface area contributed by atoms with Gasteiger partial charge in [0.1, 0.15) is 5.75 Å². The third-order valence-electron chi connectivity index (χ3n) is 4.31. The molecule has 0 heterocycles. The second-order valence-corrected chi connectivity index (χ2v) is 8.92. The van der Waals surface area contributed by atoms with Crippen LogP contribution in [0.25, 0.3) is 0 Å². The molecule has 0 aliphatic heterocycles. The molecule has 0 spiro atoms. The summed E-state index contributed by atoms with van der Waals surface area (Å²) in [5.74, 6) is 0.0332. The van der Waals surface area contributed by atoms with Crippen LogP contribution in [-0.2, 0) is 10.0 Å². The molecule has 2 N–H and O–H groups in total. The van der Waals surface area contributed by atoms with Gasteiger partial charge in [-0.3, -0.25) is 4.79 Å². The highest BCUT2D eigenvalue weighted by molar-refractivity contribution is 7.89. The molecular weight excluding hydrogens is 354 g/mol.